The molecular weight excluding hydrogens is 328 g/mol. The third-order valence-corrected chi connectivity index (χ3v) is 4.82. The first-order valence-corrected chi connectivity index (χ1v) is 8.70. The molecule has 128 valence electrons. The van der Waals surface area contributed by atoms with Gasteiger partial charge in [0, 0.05) is 4.90 Å². The second-order valence-corrected chi connectivity index (χ2v) is 6.62. The third-order valence-electron chi connectivity index (χ3n) is 3.83. The van der Waals surface area contributed by atoms with Crippen LogP contribution in [-0.2, 0) is 14.3 Å². The van der Waals surface area contributed by atoms with Crippen molar-refractivity contribution in [2.75, 3.05) is 19.5 Å². The normalized spacial score (nSPS) is 15.3. The van der Waals surface area contributed by atoms with Gasteiger partial charge < -0.3 is 14.8 Å². The summed E-state index contributed by atoms with van der Waals surface area (Å²) in [7, 11) is 1.59. The van der Waals surface area contributed by atoms with Crippen molar-refractivity contribution in [3.63, 3.8) is 0 Å². The Hall–Kier alpha value is -2.20. The van der Waals surface area contributed by atoms with E-state index in [0.29, 0.717) is 12.8 Å². The van der Waals surface area contributed by atoms with Crippen LogP contribution in [0.15, 0.2) is 29.2 Å². The minimum Gasteiger partial charge on any atom is -0.497 e. The van der Waals surface area contributed by atoms with Gasteiger partial charge in [0.2, 0.25) is 0 Å². The molecule has 6 nitrogen and oxygen atoms in total. The Bertz CT molecular complexity index is 618. The molecule has 0 bridgehead atoms. The topological polar surface area (TPSA) is 88.4 Å². The fraction of sp³-hybridized carbons (Fsp3) is 0.471. The molecule has 0 radical (unpaired) electrons. The van der Waals surface area contributed by atoms with Gasteiger partial charge in [-0.3, -0.25) is 9.59 Å². The highest BCUT2D eigenvalue weighted by Crippen LogP contribution is 2.28. The highest BCUT2D eigenvalue weighted by atomic mass is 32.2. The molecule has 1 aliphatic carbocycles. The number of rotatable bonds is 7. The molecule has 1 amide bonds. The molecule has 2 rings (SSSR count). The summed E-state index contributed by atoms with van der Waals surface area (Å²) in [5.74, 6) is -0.0372. The number of amides is 1. The maximum Gasteiger partial charge on any atom is 0.316 e. The van der Waals surface area contributed by atoms with E-state index >= 15 is 0 Å². The predicted molar refractivity (Wildman–Crippen MR) is 89.6 cm³/mol. The zero-order valence-corrected chi connectivity index (χ0v) is 14.4. The summed E-state index contributed by atoms with van der Waals surface area (Å²) in [6.45, 7) is -0.356. The van der Waals surface area contributed by atoms with E-state index in [0.717, 1.165) is 23.5 Å². The SMILES string of the molecule is COc1ccc(SCC(=O)OCC(=O)NC2(C#N)CCCC2)cc1. The van der Waals surface area contributed by atoms with Crippen molar-refractivity contribution in [2.45, 2.75) is 36.1 Å². The Balaban J connectivity index is 1.70. The number of ether oxygens (including phenoxy) is 2. The van der Waals surface area contributed by atoms with E-state index in [-0.39, 0.29) is 12.4 Å². The van der Waals surface area contributed by atoms with Crippen molar-refractivity contribution in [1.29, 1.82) is 5.26 Å². The Morgan fingerprint density at radius 3 is 2.54 bits per heavy atom. The number of thioether (sulfide) groups is 1. The molecule has 0 unspecified atom stereocenters. The van der Waals surface area contributed by atoms with Gasteiger partial charge in [-0.25, -0.2) is 0 Å². The largest absolute Gasteiger partial charge is 0.497 e. The van der Waals surface area contributed by atoms with Gasteiger partial charge in [-0.05, 0) is 49.9 Å². The van der Waals surface area contributed by atoms with Crippen LogP contribution >= 0.6 is 11.8 Å². The second-order valence-electron chi connectivity index (χ2n) is 5.57. The van der Waals surface area contributed by atoms with E-state index in [1.165, 1.54) is 11.8 Å². The lowest BCUT2D eigenvalue weighted by Gasteiger charge is -2.21. The molecule has 0 spiro atoms. The first-order valence-electron chi connectivity index (χ1n) is 7.72. The van der Waals surface area contributed by atoms with Crippen LogP contribution in [0.1, 0.15) is 25.7 Å². The standard InChI is InChI=1S/C17H20N2O4S/c1-22-13-4-6-14(7-5-13)24-11-16(21)23-10-15(20)19-17(12-18)8-2-3-9-17/h4-7H,2-3,8-11H2,1H3,(H,19,20). The van der Waals surface area contributed by atoms with Gasteiger partial charge in [0.15, 0.2) is 6.61 Å². The molecule has 0 aliphatic heterocycles. The Labute approximate surface area is 145 Å². The van der Waals surface area contributed by atoms with Crippen LogP contribution in [0, 0.1) is 11.3 Å². The third kappa shape index (κ3) is 5.17. The number of carbonyl (C=O) groups excluding carboxylic acids is 2. The Morgan fingerprint density at radius 1 is 1.29 bits per heavy atom. The van der Waals surface area contributed by atoms with Crippen molar-refractivity contribution in [3.05, 3.63) is 24.3 Å². The minimum atomic E-state index is -0.790. The number of benzene rings is 1. The maximum absolute atomic E-state index is 11.9. The van der Waals surface area contributed by atoms with E-state index in [2.05, 4.69) is 11.4 Å². The van der Waals surface area contributed by atoms with Crippen molar-refractivity contribution in [3.8, 4) is 11.8 Å². The fourth-order valence-electron chi connectivity index (χ4n) is 2.55. The van der Waals surface area contributed by atoms with Crippen LogP contribution in [-0.4, -0.2) is 36.9 Å². The predicted octanol–water partition coefficient (Wildman–Crippen LogP) is 2.28. The summed E-state index contributed by atoms with van der Waals surface area (Å²) in [4.78, 5) is 24.5. The number of carbonyl (C=O) groups is 2. The average Bonchev–Trinajstić information content (AvgIpc) is 3.07. The van der Waals surface area contributed by atoms with Crippen molar-refractivity contribution >= 4 is 23.6 Å². The van der Waals surface area contributed by atoms with Gasteiger partial charge in [-0.15, -0.1) is 11.8 Å². The van der Waals surface area contributed by atoms with E-state index < -0.39 is 17.4 Å². The van der Waals surface area contributed by atoms with Crippen LogP contribution < -0.4 is 10.1 Å². The summed E-state index contributed by atoms with van der Waals surface area (Å²) in [5.41, 5.74) is -0.790. The van der Waals surface area contributed by atoms with E-state index in [1.54, 1.807) is 7.11 Å². The molecule has 24 heavy (non-hydrogen) atoms. The zero-order chi connectivity index (χ0) is 17.4. The van der Waals surface area contributed by atoms with Crippen LogP contribution in [0.3, 0.4) is 0 Å². The summed E-state index contributed by atoms with van der Waals surface area (Å²) in [6, 6.07) is 9.48. The quantitative estimate of drug-likeness (QED) is 0.601. The van der Waals surface area contributed by atoms with Crippen LogP contribution in [0.2, 0.25) is 0 Å². The molecule has 1 fully saturated rings. The Kier molecular flexibility index (Phi) is 6.50. The number of esters is 1. The zero-order valence-electron chi connectivity index (χ0n) is 13.5. The van der Waals surface area contributed by atoms with Gasteiger partial charge in [-0.1, -0.05) is 0 Å². The molecule has 1 N–H and O–H groups in total. The van der Waals surface area contributed by atoms with Crippen molar-refractivity contribution < 1.29 is 19.1 Å². The highest BCUT2D eigenvalue weighted by molar-refractivity contribution is 8.00. The monoisotopic (exact) mass is 348 g/mol. The molecular formula is C17H20N2O4S. The molecule has 1 aromatic rings. The van der Waals surface area contributed by atoms with E-state index in [9.17, 15) is 14.9 Å². The molecule has 0 heterocycles. The van der Waals surface area contributed by atoms with Crippen molar-refractivity contribution in [1.82, 2.24) is 5.32 Å². The van der Waals surface area contributed by atoms with Crippen LogP contribution in [0.5, 0.6) is 5.75 Å². The van der Waals surface area contributed by atoms with Crippen LogP contribution in [0.25, 0.3) is 0 Å². The average molecular weight is 348 g/mol. The number of nitrogens with zero attached hydrogens (tertiary/aromatic N) is 1. The molecule has 1 saturated carbocycles. The van der Waals surface area contributed by atoms with E-state index in [4.69, 9.17) is 9.47 Å². The lowest BCUT2D eigenvalue weighted by atomic mass is 10.00. The molecule has 0 aromatic heterocycles. The number of nitriles is 1. The minimum absolute atomic E-state index is 0.114. The Morgan fingerprint density at radius 2 is 1.96 bits per heavy atom. The smallest absolute Gasteiger partial charge is 0.316 e. The summed E-state index contributed by atoms with van der Waals surface area (Å²) in [5, 5.41) is 11.9. The second kappa shape index (κ2) is 8.60. The van der Waals surface area contributed by atoms with Gasteiger partial charge in [0.1, 0.15) is 11.3 Å². The molecule has 0 atom stereocenters. The summed E-state index contributed by atoms with van der Waals surface area (Å²) in [6.07, 6.45) is 3.14. The first kappa shape index (κ1) is 18.1. The fourth-order valence-corrected chi connectivity index (χ4v) is 3.24. The number of nitrogens with one attached hydrogen (secondary N) is 1. The maximum atomic E-state index is 11.9. The van der Waals surface area contributed by atoms with Gasteiger partial charge >= 0.3 is 5.97 Å². The lowest BCUT2D eigenvalue weighted by molar-refractivity contribution is -0.146. The van der Waals surface area contributed by atoms with Crippen LogP contribution in [0.4, 0.5) is 0 Å². The summed E-state index contributed by atoms with van der Waals surface area (Å²) >= 11 is 1.32. The summed E-state index contributed by atoms with van der Waals surface area (Å²) < 4.78 is 10.0. The first-order chi connectivity index (χ1) is 11.6. The molecule has 0 saturated heterocycles. The van der Waals surface area contributed by atoms with Gasteiger partial charge in [0.25, 0.3) is 5.91 Å². The van der Waals surface area contributed by atoms with Crippen molar-refractivity contribution in [2.24, 2.45) is 0 Å². The highest BCUT2D eigenvalue weighted by Gasteiger charge is 2.35. The van der Waals surface area contributed by atoms with E-state index in [1.807, 2.05) is 24.3 Å². The molecule has 7 heteroatoms. The number of hydrogen-bond acceptors (Lipinski definition) is 6. The number of methoxy groups -OCH3 is 1. The van der Waals surface area contributed by atoms with Gasteiger partial charge in [-0.2, -0.15) is 5.26 Å². The molecule has 1 aliphatic rings. The molecule has 1 aromatic carbocycles. The number of hydrogen-bond donors (Lipinski definition) is 1. The lowest BCUT2D eigenvalue weighted by Crippen LogP contribution is -2.46. The van der Waals surface area contributed by atoms with Gasteiger partial charge in [0.05, 0.1) is 18.9 Å².